The Labute approximate surface area is 111 Å². The first-order chi connectivity index (χ1) is 7.95. The molecule has 0 bridgehead atoms. The fourth-order valence-corrected chi connectivity index (χ4v) is 1.52. The average Bonchev–Trinajstić information content (AvgIpc) is 2.30. The highest BCUT2D eigenvalue weighted by atomic mass is 79.9. The molecule has 0 spiro atoms. The van der Waals surface area contributed by atoms with Crippen molar-refractivity contribution in [3.05, 3.63) is 23.8 Å². The van der Waals surface area contributed by atoms with Crippen molar-refractivity contribution in [2.24, 2.45) is 5.92 Å². The number of ether oxygens (including phenoxy) is 1. The number of aryl methyl sites for hydroxylation is 1. The molecule has 0 saturated heterocycles. The lowest BCUT2D eigenvalue weighted by Gasteiger charge is -2.15. The predicted octanol–water partition coefficient (Wildman–Crippen LogP) is 3.36. The molecule has 1 aromatic rings. The maximum absolute atomic E-state index is 11.9. The second-order valence-corrected chi connectivity index (χ2v) is 5.33. The Bertz CT molecular complexity index is 404. The van der Waals surface area contributed by atoms with Gasteiger partial charge in [-0.2, -0.15) is 0 Å². The molecule has 1 amide bonds. The SMILES string of the molecule is COc1cc(C)ccc1NC(=O)C(Br)C(C)C. The molecule has 1 unspecified atom stereocenters. The van der Waals surface area contributed by atoms with Gasteiger partial charge in [0.15, 0.2) is 0 Å². The molecule has 0 aliphatic rings. The highest BCUT2D eigenvalue weighted by Gasteiger charge is 2.19. The Kier molecular flexibility index (Phi) is 5.00. The number of halogens is 1. The van der Waals surface area contributed by atoms with Crippen LogP contribution in [0.3, 0.4) is 0 Å². The Balaban J connectivity index is 2.84. The molecule has 0 aliphatic heterocycles. The van der Waals surface area contributed by atoms with Crippen molar-refractivity contribution in [2.45, 2.75) is 25.6 Å². The van der Waals surface area contributed by atoms with Crippen LogP contribution in [0.5, 0.6) is 5.75 Å². The molecule has 3 nitrogen and oxygen atoms in total. The van der Waals surface area contributed by atoms with E-state index in [1.807, 2.05) is 39.0 Å². The van der Waals surface area contributed by atoms with Gasteiger partial charge in [-0.15, -0.1) is 0 Å². The van der Waals surface area contributed by atoms with Gasteiger partial charge < -0.3 is 10.1 Å². The van der Waals surface area contributed by atoms with E-state index in [1.54, 1.807) is 7.11 Å². The zero-order valence-corrected chi connectivity index (χ0v) is 12.2. The van der Waals surface area contributed by atoms with E-state index in [9.17, 15) is 4.79 Å². The minimum atomic E-state index is -0.200. The van der Waals surface area contributed by atoms with Crippen molar-refractivity contribution < 1.29 is 9.53 Å². The van der Waals surface area contributed by atoms with Crippen molar-refractivity contribution in [3.63, 3.8) is 0 Å². The number of nitrogens with one attached hydrogen (secondary N) is 1. The highest BCUT2D eigenvalue weighted by Crippen LogP contribution is 2.26. The van der Waals surface area contributed by atoms with Crippen LogP contribution in [0.2, 0.25) is 0 Å². The van der Waals surface area contributed by atoms with Gasteiger partial charge in [-0.25, -0.2) is 0 Å². The van der Waals surface area contributed by atoms with Crippen LogP contribution in [-0.4, -0.2) is 17.8 Å². The summed E-state index contributed by atoms with van der Waals surface area (Å²) < 4.78 is 5.24. The van der Waals surface area contributed by atoms with Crippen molar-refractivity contribution in [1.29, 1.82) is 0 Å². The standard InChI is InChI=1S/C13H18BrNO2/c1-8(2)12(14)13(16)15-10-6-5-9(3)7-11(10)17-4/h5-8,12H,1-4H3,(H,15,16). The number of methoxy groups -OCH3 is 1. The molecular weight excluding hydrogens is 282 g/mol. The summed E-state index contributed by atoms with van der Waals surface area (Å²) in [5.41, 5.74) is 1.80. The van der Waals surface area contributed by atoms with Crippen LogP contribution in [0.25, 0.3) is 0 Å². The number of carbonyl (C=O) groups excluding carboxylic acids is 1. The summed E-state index contributed by atoms with van der Waals surface area (Å²) in [5, 5.41) is 2.86. The maximum Gasteiger partial charge on any atom is 0.238 e. The van der Waals surface area contributed by atoms with E-state index >= 15 is 0 Å². The van der Waals surface area contributed by atoms with Crippen LogP contribution >= 0.6 is 15.9 Å². The minimum Gasteiger partial charge on any atom is -0.495 e. The van der Waals surface area contributed by atoms with E-state index in [2.05, 4.69) is 21.2 Å². The molecule has 0 aliphatic carbocycles. The molecule has 17 heavy (non-hydrogen) atoms. The molecule has 0 radical (unpaired) electrons. The summed E-state index contributed by atoms with van der Waals surface area (Å²) in [6.07, 6.45) is 0. The minimum absolute atomic E-state index is 0.0536. The zero-order chi connectivity index (χ0) is 13.0. The molecule has 1 aromatic carbocycles. The molecule has 0 saturated carbocycles. The van der Waals surface area contributed by atoms with Gasteiger partial charge in [0.05, 0.1) is 17.6 Å². The van der Waals surface area contributed by atoms with Gasteiger partial charge in [0, 0.05) is 0 Å². The van der Waals surface area contributed by atoms with Gasteiger partial charge in [0.1, 0.15) is 5.75 Å². The van der Waals surface area contributed by atoms with Crippen LogP contribution in [0.4, 0.5) is 5.69 Å². The Hall–Kier alpha value is -1.03. The molecule has 0 fully saturated rings. The Morgan fingerprint density at radius 1 is 1.41 bits per heavy atom. The molecular formula is C13H18BrNO2. The van der Waals surface area contributed by atoms with Crippen LogP contribution in [0, 0.1) is 12.8 Å². The molecule has 1 atom stereocenters. The lowest BCUT2D eigenvalue weighted by Crippen LogP contribution is -2.27. The lowest BCUT2D eigenvalue weighted by atomic mass is 10.1. The summed E-state index contributed by atoms with van der Waals surface area (Å²) >= 11 is 3.37. The van der Waals surface area contributed by atoms with E-state index in [0.29, 0.717) is 11.4 Å². The number of anilines is 1. The smallest absolute Gasteiger partial charge is 0.238 e. The van der Waals surface area contributed by atoms with Crippen molar-refractivity contribution in [3.8, 4) is 5.75 Å². The number of carbonyl (C=O) groups is 1. The van der Waals surface area contributed by atoms with Gasteiger partial charge in [0.2, 0.25) is 5.91 Å². The first kappa shape index (κ1) is 14.0. The molecule has 94 valence electrons. The molecule has 4 heteroatoms. The van der Waals surface area contributed by atoms with Gasteiger partial charge in [-0.3, -0.25) is 4.79 Å². The van der Waals surface area contributed by atoms with Crippen LogP contribution in [0.1, 0.15) is 19.4 Å². The van der Waals surface area contributed by atoms with Gasteiger partial charge in [0.25, 0.3) is 0 Å². The number of hydrogen-bond acceptors (Lipinski definition) is 2. The van der Waals surface area contributed by atoms with Crippen molar-refractivity contribution in [2.75, 3.05) is 12.4 Å². The number of rotatable bonds is 4. The van der Waals surface area contributed by atoms with E-state index in [1.165, 1.54) is 0 Å². The molecule has 1 N–H and O–H groups in total. The summed E-state index contributed by atoms with van der Waals surface area (Å²) in [5.74, 6) is 0.871. The van der Waals surface area contributed by atoms with Crippen LogP contribution in [0.15, 0.2) is 18.2 Å². The third-order valence-electron chi connectivity index (χ3n) is 2.45. The fourth-order valence-electron chi connectivity index (χ4n) is 1.41. The summed E-state index contributed by atoms with van der Waals surface area (Å²) in [7, 11) is 1.60. The number of alkyl halides is 1. The normalized spacial score (nSPS) is 12.4. The monoisotopic (exact) mass is 299 g/mol. The number of hydrogen-bond donors (Lipinski definition) is 1. The quantitative estimate of drug-likeness (QED) is 0.866. The van der Waals surface area contributed by atoms with E-state index in [4.69, 9.17) is 4.74 Å². The van der Waals surface area contributed by atoms with Crippen LogP contribution < -0.4 is 10.1 Å². The molecule has 0 aromatic heterocycles. The summed E-state index contributed by atoms with van der Waals surface area (Å²) in [6.45, 7) is 5.96. The number of amides is 1. The summed E-state index contributed by atoms with van der Waals surface area (Å²) in [4.78, 5) is 11.7. The molecule has 1 rings (SSSR count). The zero-order valence-electron chi connectivity index (χ0n) is 10.6. The first-order valence-electron chi connectivity index (χ1n) is 5.55. The maximum atomic E-state index is 11.9. The Morgan fingerprint density at radius 2 is 2.06 bits per heavy atom. The topological polar surface area (TPSA) is 38.3 Å². The Morgan fingerprint density at radius 3 is 2.59 bits per heavy atom. The van der Waals surface area contributed by atoms with Gasteiger partial charge in [-0.05, 0) is 30.5 Å². The average molecular weight is 300 g/mol. The largest absolute Gasteiger partial charge is 0.495 e. The number of benzene rings is 1. The molecule has 0 heterocycles. The first-order valence-corrected chi connectivity index (χ1v) is 6.47. The third-order valence-corrected chi connectivity index (χ3v) is 3.92. The van der Waals surface area contributed by atoms with Crippen LogP contribution in [-0.2, 0) is 4.79 Å². The van der Waals surface area contributed by atoms with Crippen molar-refractivity contribution in [1.82, 2.24) is 0 Å². The second kappa shape index (κ2) is 6.05. The van der Waals surface area contributed by atoms with Gasteiger partial charge >= 0.3 is 0 Å². The predicted molar refractivity (Wildman–Crippen MR) is 73.9 cm³/mol. The van der Waals surface area contributed by atoms with E-state index in [0.717, 1.165) is 5.56 Å². The van der Waals surface area contributed by atoms with Crippen molar-refractivity contribution >= 4 is 27.5 Å². The lowest BCUT2D eigenvalue weighted by molar-refractivity contribution is -0.116. The second-order valence-electron chi connectivity index (χ2n) is 4.34. The summed E-state index contributed by atoms with van der Waals surface area (Å²) in [6, 6.07) is 5.69. The van der Waals surface area contributed by atoms with E-state index < -0.39 is 0 Å². The highest BCUT2D eigenvalue weighted by molar-refractivity contribution is 9.10. The fraction of sp³-hybridized carbons (Fsp3) is 0.462. The third kappa shape index (κ3) is 3.73. The van der Waals surface area contributed by atoms with E-state index in [-0.39, 0.29) is 16.7 Å². The van der Waals surface area contributed by atoms with Gasteiger partial charge in [-0.1, -0.05) is 35.8 Å².